The van der Waals surface area contributed by atoms with Crippen LogP contribution in [0.2, 0.25) is 0 Å². The number of carbonyl (C=O) groups is 1. The lowest BCUT2D eigenvalue weighted by atomic mass is 9.97. The van der Waals surface area contributed by atoms with Crippen molar-refractivity contribution >= 4 is 5.91 Å². The van der Waals surface area contributed by atoms with Gasteiger partial charge in [-0.1, -0.05) is 58.3 Å². The Balaban J connectivity index is 3.30. The molecule has 3 N–H and O–H groups in total. The molecule has 1 amide bonds. The standard InChI is InChI=1S/C13H27NO2/c1-3-4-5-6-7-8-9-10-11-13(2,16)12(14)15/h16H,3-11H2,1-2H3,(H2,14,15). The van der Waals surface area contributed by atoms with Gasteiger partial charge in [0, 0.05) is 0 Å². The Morgan fingerprint density at radius 1 is 1.06 bits per heavy atom. The number of amides is 1. The minimum absolute atomic E-state index is 0.483. The summed E-state index contributed by atoms with van der Waals surface area (Å²) in [5.41, 5.74) is 3.76. The van der Waals surface area contributed by atoms with Crippen molar-refractivity contribution in [3.8, 4) is 0 Å². The van der Waals surface area contributed by atoms with E-state index in [1.54, 1.807) is 0 Å². The fourth-order valence-corrected chi connectivity index (χ4v) is 1.73. The van der Waals surface area contributed by atoms with Crippen LogP contribution < -0.4 is 5.73 Å². The molecule has 1 unspecified atom stereocenters. The van der Waals surface area contributed by atoms with Crippen LogP contribution in [0.1, 0.15) is 71.6 Å². The number of rotatable bonds is 10. The zero-order chi connectivity index (χ0) is 12.4. The molecule has 0 heterocycles. The van der Waals surface area contributed by atoms with Crippen LogP contribution in [0.4, 0.5) is 0 Å². The van der Waals surface area contributed by atoms with Crippen LogP contribution in [0.5, 0.6) is 0 Å². The van der Waals surface area contributed by atoms with Crippen molar-refractivity contribution in [1.29, 1.82) is 0 Å². The van der Waals surface area contributed by atoms with E-state index >= 15 is 0 Å². The van der Waals surface area contributed by atoms with E-state index in [2.05, 4.69) is 6.92 Å². The van der Waals surface area contributed by atoms with Gasteiger partial charge in [0.05, 0.1) is 0 Å². The summed E-state index contributed by atoms with van der Waals surface area (Å²) >= 11 is 0. The first-order valence-corrected chi connectivity index (χ1v) is 6.53. The van der Waals surface area contributed by atoms with Gasteiger partial charge in [-0.25, -0.2) is 0 Å². The first-order valence-electron chi connectivity index (χ1n) is 6.53. The van der Waals surface area contributed by atoms with Gasteiger partial charge in [0.1, 0.15) is 5.60 Å². The number of hydrogen-bond acceptors (Lipinski definition) is 2. The molecule has 0 fully saturated rings. The van der Waals surface area contributed by atoms with Gasteiger partial charge in [-0.3, -0.25) is 4.79 Å². The first-order chi connectivity index (χ1) is 7.50. The summed E-state index contributed by atoms with van der Waals surface area (Å²) in [6.45, 7) is 3.71. The molecule has 0 rings (SSSR count). The molecule has 0 bridgehead atoms. The Hall–Kier alpha value is -0.570. The van der Waals surface area contributed by atoms with Crippen molar-refractivity contribution in [2.45, 2.75) is 77.2 Å². The van der Waals surface area contributed by atoms with Crippen molar-refractivity contribution in [3.05, 3.63) is 0 Å². The van der Waals surface area contributed by atoms with E-state index in [4.69, 9.17) is 5.73 Å². The second-order valence-electron chi connectivity index (χ2n) is 4.86. The van der Waals surface area contributed by atoms with Crippen molar-refractivity contribution in [2.24, 2.45) is 5.73 Å². The van der Waals surface area contributed by atoms with Gasteiger partial charge in [-0.15, -0.1) is 0 Å². The zero-order valence-electron chi connectivity index (χ0n) is 10.8. The molecule has 0 aromatic heterocycles. The molecule has 0 saturated carbocycles. The maximum absolute atomic E-state index is 10.8. The molecule has 0 saturated heterocycles. The fraction of sp³-hybridized carbons (Fsp3) is 0.923. The fourth-order valence-electron chi connectivity index (χ4n) is 1.73. The van der Waals surface area contributed by atoms with E-state index in [9.17, 15) is 9.90 Å². The molecule has 0 aromatic carbocycles. The molecule has 0 aromatic rings. The average Bonchev–Trinajstić information content (AvgIpc) is 2.21. The second kappa shape index (κ2) is 8.57. The summed E-state index contributed by atoms with van der Waals surface area (Å²) in [5, 5.41) is 9.59. The molecule has 0 aliphatic rings. The van der Waals surface area contributed by atoms with Crippen LogP contribution in [0.25, 0.3) is 0 Å². The average molecular weight is 229 g/mol. The van der Waals surface area contributed by atoms with E-state index in [0.717, 1.165) is 12.8 Å². The molecule has 96 valence electrons. The van der Waals surface area contributed by atoms with Crippen LogP contribution in [-0.2, 0) is 4.79 Å². The number of aliphatic hydroxyl groups is 1. The third-order valence-corrected chi connectivity index (χ3v) is 3.05. The molecular weight excluding hydrogens is 202 g/mol. The van der Waals surface area contributed by atoms with E-state index < -0.39 is 11.5 Å². The second-order valence-corrected chi connectivity index (χ2v) is 4.86. The van der Waals surface area contributed by atoms with Gasteiger partial charge in [-0.2, -0.15) is 0 Å². The van der Waals surface area contributed by atoms with Crippen molar-refractivity contribution in [2.75, 3.05) is 0 Å². The summed E-state index contributed by atoms with van der Waals surface area (Å²) < 4.78 is 0. The summed E-state index contributed by atoms with van der Waals surface area (Å²) in [5.74, 6) is -0.615. The number of nitrogens with two attached hydrogens (primary N) is 1. The zero-order valence-corrected chi connectivity index (χ0v) is 10.8. The first kappa shape index (κ1) is 15.4. The summed E-state index contributed by atoms with van der Waals surface area (Å²) in [4.78, 5) is 10.8. The van der Waals surface area contributed by atoms with Crippen LogP contribution in [0.15, 0.2) is 0 Å². The maximum atomic E-state index is 10.8. The predicted octanol–water partition coefficient (Wildman–Crippen LogP) is 2.75. The SMILES string of the molecule is CCCCCCCCCCC(C)(O)C(N)=O. The van der Waals surface area contributed by atoms with Crippen molar-refractivity contribution < 1.29 is 9.90 Å². The van der Waals surface area contributed by atoms with E-state index in [1.807, 2.05) is 0 Å². The summed E-state index contributed by atoms with van der Waals surface area (Å²) in [6, 6.07) is 0. The lowest BCUT2D eigenvalue weighted by molar-refractivity contribution is -0.135. The molecule has 16 heavy (non-hydrogen) atoms. The molecule has 0 aliphatic carbocycles. The number of hydrogen-bond donors (Lipinski definition) is 2. The van der Waals surface area contributed by atoms with Gasteiger partial charge in [0.15, 0.2) is 0 Å². The Kier molecular flexibility index (Phi) is 8.26. The molecule has 1 atom stereocenters. The third-order valence-electron chi connectivity index (χ3n) is 3.05. The molecular formula is C13H27NO2. The molecule has 3 nitrogen and oxygen atoms in total. The van der Waals surface area contributed by atoms with Crippen molar-refractivity contribution in [3.63, 3.8) is 0 Å². The minimum Gasteiger partial charge on any atom is -0.380 e. The highest BCUT2D eigenvalue weighted by Crippen LogP contribution is 2.15. The third kappa shape index (κ3) is 7.69. The van der Waals surface area contributed by atoms with Gasteiger partial charge in [0.2, 0.25) is 5.91 Å². The lowest BCUT2D eigenvalue weighted by Crippen LogP contribution is -2.40. The number of unbranched alkanes of at least 4 members (excludes halogenated alkanes) is 7. The van der Waals surface area contributed by atoms with Crippen LogP contribution >= 0.6 is 0 Å². The van der Waals surface area contributed by atoms with Crippen LogP contribution in [-0.4, -0.2) is 16.6 Å². The monoisotopic (exact) mass is 229 g/mol. The van der Waals surface area contributed by atoms with Crippen LogP contribution in [0, 0.1) is 0 Å². The smallest absolute Gasteiger partial charge is 0.249 e. The Morgan fingerprint density at radius 3 is 1.94 bits per heavy atom. The normalized spacial score (nSPS) is 14.7. The molecule has 3 heteroatoms. The Labute approximate surface area is 99.4 Å². The highest BCUT2D eigenvalue weighted by atomic mass is 16.3. The maximum Gasteiger partial charge on any atom is 0.249 e. The quantitative estimate of drug-likeness (QED) is 0.566. The molecule has 0 spiro atoms. The summed E-state index contributed by atoms with van der Waals surface area (Å²) in [6.07, 6.45) is 10.1. The summed E-state index contributed by atoms with van der Waals surface area (Å²) in [7, 11) is 0. The van der Waals surface area contributed by atoms with E-state index in [0.29, 0.717) is 6.42 Å². The van der Waals surface area contributed by atoms with Gasteiger partial charge < -0.3 is 10.8 Å². The van der Waals surface area contributed by atoms with Gasteiger partial charge in [-0.05, 0) is 13.3 Å². The highest BCUT2D eigenvalue weighted by Gasteiger charge is 2.26. The van der Waals surface area contributed by atoms with Gasteiger partial charge in [0.25, 0.3) is 0 Å². The lowest BCUT2D eigenvalue weighted by Gasteiger charge is -2.18. The van der Waals surface area contributed by atoms with Crippen molar-refractivity contribution in [1.82, 2.24) is 0 Å². The molecule has 0 radical (unpaired) electrons. The van der Waals surface area contributed by atoms with E-state index in [-0.39, 0.29) is 0 Å². The number of primary amides is 1. The topological polar surface area (TPSA) is 63.3 Å². The number of carbonyl (C=O) groups excluding carboxylic acids is 1. The Morgan fingerprint density at radius 2 is 1.50 bits per heavy atom. The Bertz CT molecular complexity index is 190. The van der Waals surface area contributed by atoms with Crippen LogP contribution in [0.3, 0.4) is 0 Å². The predicted molar refractivity (Wildman–Crippen MR) is 67.0 cm³/mol. The largest absolute Gasteiger partial charge is 0.380 e. The minimum atomic E-state index is -1.32. The van der Waals surface area contributed by atoms with E-state index in [1.165, 1.54) is 45.4 Å². The van der Waals surface area contributed by atoms with Gasteiger partial charge >= 0.3 is 0 Å². The highest BCUT2D eigenvalue weighted by molar-refractivity contribution is 5.82. The molecule has 0 aliphatic heterocycles.